The Morgan fingerprint density at radius 2 is 2.38 bits per heavy atom. The summed E-state index contributed by atoms with van der Waals surface area (Å²) in [5, 5.41) is 0. The summed E-state index contributed by atoms with van der Waals surface area (Å²) in [4.78, 5) is 4.39. The molecule has 0 saturated heterocycles. The molecule has 0 amide bonds. The van der Waals surface area contributed by atoms with E-state index in [-0.39, 0.29) is 0 Å². The maximum Gasteiger partial charge on any atom is 0.145 e. The second kappa shape index (κ2) is 3.18. The lowest BCUT2D eigenvalue weighted by atomic mass is 10.1. The van der Waals surface area contributed by atoms with Crippen molar-refractivity contribution < 1.29 is 4.74 Å². The Morgan fingerprint density at radius 3 is 3.15 bits per heavy atom. The van der Waals surface area contributed by atoms with Crippen molar-refractivity contribution in [3.05, 3.63) is 23.8 Å². The number of nitrogens with two attached hydrogens (primary N) is 1. The number of fused-ring (bicyclic) bond motifs is 1. The molecule has 3 heteroatoms. The van der Waals surface area contributed by atoms with E-state index >= 15 is 0 Å². The van der Waals surface area contributed by atoms with Crippen LogP contribution in [-0.2, 0) is 6.54 Å². The van der Waals surface area contributed by atoms with Gasteiger partial charge >= 0.3 is 0 Å². The predicted octanol–water partition coefficient (Wildman–Crippen LogP) is 1.63. The Balaban J connectivity index is 2.45. The van der Waals surface area contributed by atoms with E-state index in [2.05, 4.69) is 4.99 Å². The molecule has 0 saturated carbocycles. The highest BCUT2D eigenvalue weighted by molar-refractivity contribution is 5.88. The summed E-state index contributed by atoms with van der Waals surface area (Å²) in [5.74, 6) is 0.850. The molecule has 0 aliphatic carbocycles. The van der Waals surface area contributed by atoms with E-state index in [1.165, 1.54) is 0 Å². The molecule has 0 unspecified atom stereocenters. The fraction of sp³-hybridized carbons (Fsp3) is 0.300. The highest BCUT2D eigenvalue weighted by atomic mass is 16.5. The molecule has 68 valence electrons. The van der Waals surface area contributed by atoms with Crippen molar-refractivity contribution in [1.29, 1.82) is 0 Å². The largest absolute Gasteiger partial charge is 0.485 e. The molecule has 1 aromatic carbocycles. The molecule has 1 aliphatic rings. The summed E-state index contributed by atoms with van der Waals surface area (Å²) in [6, 6.07) is 5.86. The van der Waals surface area contributed by atoms with Crippen LogP contribution in [0, 0.1) is 0 Å². The third kappa shape index (κ3) is 1.55. The van der Waals surface area contributed by atoms with Crippen molar-refractivity contribution in [2.45, 2.75) is 13.5 Å². The highest BCUT2D eigenvalue weighted by Gasteiger charge is 2.09. The summed E-state index contributed by atoms with van der Waals surface area (Å²) >= 11 is 0. The van der Waals surface area contributed by atoms with Crippen molar-refractivity contribution >= 4 is 11.4 Å². The molecule has 2 N–H and O–H groups in total. The fourth-order valence-electron chi connectivity index (χ4n) is 1.32. The zero-order valence-corrected chi connectivity index (χ0v) is 7.58. The van der Waals surface area contributed by atoms with Gasteiger partial charge in [0.05, 0.1) is 5.71 Å². The van der Waals surface area contributed by atoms with Gasteiger partial charge in [0, 0.05) is 6.54 Å². The summed E-state index contributed by atoms with van der Waals surface area (Å²) in [6.07, 6.45) is 0. The van der Waals surface area contributed by atoms with Crippen molar-refractivity contribution in [3.8, 4) is 5.75 Å². The maximum atomic E-state index is 5.53. The Morgan fingerprint density at radius 1 is 1.54 bits per heavy atom. The smallest absolute Gasteiger partial charge is 0.145 e. The molecule has 0 aromatic heterocycles. The van der Waals surface area contributed by atoms with Crippen LogP contribution >= 0.6 is 0 Å². The first-order valence-electron chi connectivity index (χ1n) is 4.29. The van der Waals surface area contributed by atoms with Gasteiger partial charge in [-0.3, -0.25) is 4.99 Å². The van der Waals surface area contributed by atoms with E-state index in [0.717, 1.165) is 22.7 Å². The molecule has 0 spiro atoms. The lowest BCUT2D eigenvalue weighted by molar-refractivity contribution is 0.371. The third-order valence-corrected chi connectivity index (χ3v) is 2.01. The Labute approximate surface area is 77.2 Å². The first-order valence-corrected chi connectivity index (χ1v) is 4.29. The number of hydrogen-bond donors (Lipinski definition) is 1. The second-order valence-electron chi connectivity index (χ2n) is 3.14. The van der Waals surface area contributed by atoms with E-state index in [0.29, 0.717) is 13.2 Å². The van der Waals surface area contributed by atoms with Crippen LogP contribution in [-0.4, -0.2) is 12.3 Å². The first-order chi connectivity index (χ1) is 6.29. The molecule has 2 rings (SSSR count). The molecule has 0 bridgehead atoms. The van der Waals surface area contributed by atoms with Crippen LogP contribution in [0.4, 0.5) is 5.69 Å². The predicted molar refractivity (Wildman–Crippen MR) is 52.6 cm³/mol. The number of benzene rings is 1. The minimum Gasteiger partial charge on any atom is -0.485 e. The Bertz CT molecular complexity index is 358. The van der Waals surface area contributed by atoms with Gasteiger partial charge in [-0.05, 0) is 24.6 Å². The van der Waals surface area contributed by atoms with E-state index in [1.54, 1.807) is 0 Å². The maximum absolute atomic E-state index is 5.53. The molecule has 0 fully saturated rings. The molecule has 0 radical (unpaired) electrons. The standard InChI is InChI=1S/C10H12N2O/c1-7-6-13-10-3-2-8(5-11)4-9(10)12-7/h2-4H,5-6,11H2,1H3. The minimum atomic E-state index is 0.543. The molecular formula is C10H12N2O. The van der Waals surface area contributed by atoms with Gasteiger partial charge in [0.2, 0.25) is 0 Å². The van der Waals surface area contributed by atoms with Crippen LogP contribution in [0.5, 0.6) is 5.75 Å². The molecule has 1 aromatic rings. The zero-order valence-electron chi connectivity index (χ0n) is 7.58. The van der Waals surface area contributed by atoms with Gasteiger partial charge in [0.25, 0.3) is 0 Å². The van der Waals surface area contributed by atoms with Gasteiger partial charge in [0.1, 0.15) is 18.0 Å². The quantitative estimate of drug-likeness (QED) is 0.707. The summed E-state index contributed by atoms with van der Waals surface area (Å²) in [5.41, 5.74) is 8.51. The van der Waals surface area contributed by atoms with Crippen molar-refractivity contribution in [3.63, 3.8) is 0 Å². The molecule has 0 atom stereocenters. The molecular weight excluding hydrogens is 164 g/mol. The number of hydrogen-bond acceptors (Lipinski definition) is 3. The first kappa shape index (κ1) is 8.26. The molecule has 1 aliphatic heterocycles. The normalized spacial score (nSPS) is 14.5. The van der Waals surface area contributed by atoms with Crippen molar-refractivity contribution in [2.24, 2.45) is 10.7 Å². The number of rotatable bonds is 1. The lowest BCUT2D eigenvalue weighted by Crippen LogP contribution is -2.11. The summed E-state index contributed by atoms with van der Waals surface area (Å²) < 4.78 is 5.46. The number of aliphatic imine (C=N–C) groups is 1. The Kier molecular flexibility index (Phi) is 2.02. The second-order valence-corrected chi connectivity index (χ2v) is 3.14. The fourth-order valence-corrected chi connectivity index (χ4v) is 1.32. The SMILES string of the molecule is CC1=Nc2cc(CN)ccc2OC1. The van der Waals surface area contributed by atoms with Gasteiger partial charge in [-0.2, -0.15) is 0 Å². The Hall–Kier alpha value is -1.35. The summed E-state index contributed by atoms with van der Waals surface area (Å²) in [7, 11) is 0. The van der Waals surface area contributed by atoms with Crippen LogP contribution in [0.25, 0.3) is 0 Å². The molecule has 13 heavy (non-hydrogen) atoms. The van der Waals surface area contributed by atoms with E-state index in [1.807, 2.05) is 25.1 Å². The van der Waals surface area contributed by atoms with Crippen molar-refractivity contribution in [2.75, 3.05) is 6.61 Å². The third-order valence-electron chi connectivity index (χ3n) is 2.01. The topological polar surface area (TPSA) is 47.6 Å². The minimum absolute atomic E-state index is 0.543. The highest BCUT2D eigenvalue weighted by Crippen LogP contribution is 2.31. The molecule has 1 heterocycles. The summed E-state index contributed by atoms with van der Waals surface area (Å²) in [6.45, 7) is 3.09. The van der Waals surface area contributed by atoms with Crippen molar-refractivity contribution in [1.82, 2.24) is 0 Å². The average molecular weight is 176 g/mol. The van der Waals surface area contributed by atoms with Gasteiger partial charge in [-0.25, -0.2) is 0 Å². The lowest BCUT2D eigenvalue weighted by Gasteiger charge is -2.15. The van der Waals surface area contributed by atoms with Gasteiger partial charge in [-0.15, -0.1) is 0 Å². The van der Waals surface area contributed by atoms with Crippen LogP contribution in [0.15, 0.2) is 23.2 Å². The van der Waals surface area contributed by atoms with E-state index < -0.39 is 0 Å². The molecule has 3 nitrogen and oxygen atoms in total. The zero-order chi connectivity index (χ0) is 9.26. The van der Waals surface area contributed by atoms with E-state index in [4.69, 9.17) is 10.5 Å². The van der Waals surface area contributed by atoms with Gasteiger partial charge < -0.3 is 10.5 Å². The van der Waals surface area contributed by atoms with Gasteiger partial charge in [-0.1, -0.05) is 6.07 Å². The van der Waals surface area contributed by atoms with Crippen LogP contribution in [0.2, 0.25) is 0 Å². The number of ether oxygens (including phenoxy) is 1. The van der Waals surface area contributed by atoms with E-state index in [9.17, 15) is 0 Å². The number of nitrogens with zero attached hydrogens (tertiary/aromatic N) is 1. The monoisotopic (exact) mass is 176 g/mol. The van der Waals surface area contributed by atoms with Crippen LogP contribution in [0.1, 0.15) is 12.5 Å². The van der Waals surface area contributed by atoms with Crippen LogP contribution in [0.3, 0.4) is 0 Å². The van der Waals surface area contributed by atoms with Gasteiger partial charge in [0.15, 0.2) is 0 Å². The average Bonchev–Trinajstić information content (AvgIpc) is 2.16. The van der Waals surface area contributed by atoms with Crippen LogP contribution < -0.4 is 10.5 Å².